The second-order valence-electron chi connectivity index (χ2n) is 3.94. The van der Waals surface area contributed by atoms with Crippen LogP contribution in [0, 0.1) is 0 Å². The largest absolute Gasteiger partial charge is 0.495 e. The summed E-state index contributed by atoms with van der Waals surface area (Å²) in [7, 11) is 1.58. The van der Waals surface area contributed by atoms with Crippen molar-refractivity contribution in [3.63, 3.8) is 0 Å². The first-order valence-electron chi connectivity index (χ1n) is 5.54. The first-order valence-corrected chi connectivity index (χ1v) is 6.71. The number of methoxy groups -OCH3 is 1. The van der Waals surface area contributed by atoms with Crippen LogP contribution in [0.2, 0.25) is 5.02 Å². The van der Waals surface area contributed by atoms with E-state index in [-0.39, 0.29) is 0 Å². The molecule has 0 aliphatic rings. The summed E-state index contributed by atoms with van der Waals surface area (Å²) in [5, 5.41) is 9.35. The van der Waals surface area contributed by atoms with Crippen molar-refractivity contribution >= 4 is 38.6 Å². The first kappa shape index (κ1) is 12.4. The van der Waals surface area contributed by atoms with Crippen molar-refractivity contribution in [2.24, 2.45) is 0 Å². The molecule has 0 saturated heterocycles. The molecule has 96 valence electrons. The van der Waals surface area contributed by atoms with Crippen LogP contribution in [-0.4, -0.2) is 22.1 Å². The molecule has 0 spiro atoms. The molecule has 0 radical (unpaired) electrons. The molecule has 0 aliphatic heterocycles. The highest BCUT2D eigenvalue weighted by atomic mass is 79.9. The molecule has 0 unspecified atom stereocenters. The summed E-state index contributed by atoms with van der Waals surface area (Å²) in [6.45, 7) is 0. The van der Waals surface area contributed by atoms with Crippen LogP contribution in [0.1, 0.15) is 0 Å². The second-order valence-corrected chi connectivity index (χ2v) is 5.26. The van der Waals surface area contributed by atoms with Gasteiger partial charge in [-0.05, 0) is 36.4 Å². The zero-order valence-electron chi connectivity index (χ0n) is 9.97. The van der Waals surface area contributed by atoms with Gasteiger partial charge in [0.25, 0.3) is 0 Å². The van der Waals surface area contributed by atoms with E-state index >= 15 is 0 Å². The number of rotatable bonds is 2. The third-order valence-electron chi connectivity index (χ3n) is 2.71. The zero-order valence-corrected chi connectivity index (χ0v) is 12.3. The molecule has 3 rings (SSSR count). The van der Waals surface area contributed by atoms with Crippen molar-refractivity contribution < 1.29 is 4.74 Å². The van der Waals surface area contributed by atoms with E-state index in [1.165, 1.54) is 0 Å². The van der Waals surface area contributed by atoms with Gasteiger partial charge in [0.2, 0.25) is 0 Å². The van der Waals surface area contributed by atoms with Gasteiger partial charge in [-0.2, -0.15) is 4.80 Å². The molecule has 1 heterocycles. The van der Waals surface area contributed by atoms with Crippen LogP contribution < -0.4 is 4.74 Å². The number of fused-ring (bicyclic) bond motifs is 1. The monoisotopic (exact) mass is 337 g/mol. The number of aromatic nitrogens is 3. The van der Waals surface area contributed by atoms with Crippen LogP contribution >= 0.6 is 27.5 Å². The van der Waals surface area contributed by atoms with Gasteiger partial charge < -0.3 is 4.74 Å². The maximum atomic E-state index is 6.10. The lowest BCUT2D eigenvalue weighted by atomic mass is 10.3. The average Bonchev–Trinajstić information content (AvgIpc) is 2.81. The number of hydrogen-bond donors (Lipinski definition) is 0. The maximum Gasteiger partial charge on any atom is 0.137 e. The van der Waals surface area contributed by atoms with E-state index in [2.05, 4.69) is 26.1 Å². The number of ether oxygens (including phenoxy) is 1. The SMILES string of the molecule is COc1ccc(-n2nc3ccc(Br)cc3n2)cc1Cl. The lowest BCUT2D eigenvalue weighted by Crippen LogP contribution is -1.98. The van der Waals surface area contributed by atoms with Crippen LogP contribution in [0.4, 0.5) is 0 Å². The molecule has 3 aromatic rings. The van der Waals surface area contributed by atoms with E-state index in [0.29, 0.717) is 10.8 Å². The molecule has 6 heteroatoms. The minimum Gasteiger partial charge on any atom is -0.495 e. The average molecular weight is 339 g/mol. The summed E-state index contributed by atoms with van der Waals surface area (Å²) in [6, 6.07) is 11.2. The Kier molecular flexibility index (Phi) is 3.16. The Morgan fingerprint density at radius 2 is 1.89 bits per heavy atom. The number of nitrogens with zero attached hydrogens (tertiary/aromatic N) is 3. The third-order valence-corrected chi connectivity index (χ3v) is 3.50. The molecule has 2 aromatic carbocycles. The van der Waals surface area contributed by atoms with Gasteiger partial charge in [-0.15, -0.1) is 10.2 Å². The van der Waals surface area contributed by atoms with Crippen molar-refractivity contribution in [1.82, 2.24) is 15.0 Å². The molecule has 1 aromatic heterocycles. The van der Waals surface area contributed by atoms with Crippen LogP contribution in [0.3, 0.4) is 0 Å². The Bertz CT molecular complexity index is 757. The van der Waals surface area contributed by atoms with Gasteiger partial charge in [-0.3, -0.25) is 0 Å². The molecular weight excluding hydrogens is 330 g/mol. The fourth-order valence-corrected chi connectivity index (χ4v) is 2.38. The molecule has 0 bridgehead atoms. The van der Waals surface area contributed by atoms with Crippen molar-refractivity contribution in [2.45, 2.75) is 0 Å². The van der Waals surface area contributed by atoms with Crippen LogP contribution in [0.5, 0.6) is 5.75 Å². The predicted octanol–water partition coefficient (Wildman–Crippen LogP) is 3.85. The highest BCUT2D eigenvalue weighted by Gasteiger charge is 2.07. The minimum absolute atomic E-state index is 0.530. The van der Waals surface area contributed by atoms with Gasteiger partial charge in [0.15, 0.2) is 0 Å². The summed E-state index contributed by atoms with van der Waals surface area (Å²) in [5.74, 6) is 0.630. The van der Waals surface area contributed by atoms with Crippen LogP contribution in [0.15, 0.2) is 40.9 Å². The standard InChI is InChI=1S/C13H9BrClN3O/c1-19-13-5-3-9(7-10(13)15)18-16-11-4-2-8(14)6-12(11)17-18/h2-7H,1H3. The summed E-state index contributed by atoms with van der Waals surface area (Å²) < 4.78 is 6.09. The minimum atomic E-state index is 0.530. The van der Waals surface area contributed by atoms with Crippen molar-refractivity contribution in [3.8, 4) is 11.4 Å². The molecule has 0 saturated carbocycles. The molecule has 0 fully saturated rings. The normalized spacial score (nSPS) is 10.9. The summed E-state index contributed by atoms with van der Waals surface area (Å²) >= 11 is 9.52. The van der Waals surface area contributed by atoms with E-state index in [4.69, 9.17) is 16.3 Å². The Morgan fingerprint density at radius 3 is 2.63 bits per heavy atom. The topological polar surface area (TPSA) is 39.9 Å². The van der Waals surface area contributed by atoms with E-state index < -0.39 is 0 Å². The molecule has 0 amide bonds. The number of hydrogen-bond acceptors (Lipinski definition) is 3. The second kappa shape index (κ2) is 4.83. The van der Waals surface area contributed by atoms with Gasteiger partial charge in [-0.1, -0.05) is 27.5 Å². The molecule has 0 atom stereocenters. The molecule has 0 aliphatic carbocycles. The Morgan fingerprint density at radius 1 is 1.11 bits per heavy atom. The highest BCUT2D eigenvalue weighted by Crippen LogP contribution is 2.26. The zero-order chi connectivity index (χ0) is 13.4. The Balaban J connectivity index is 2.11. The van der Waals surface area contributed by atoms with Gasteiger partial charge in [0, 0.05) is 4.47 Å². The Hall–Kier alpha value is -1.59. The lowest BCUT2D eigenvalue weighted by molar-refractivity contribution is 0.415. The summed E-state index contributed by atoms with van der Waals surface area (Å²) in [6.07, 6.45) is 0. The molecule has 4 nitrogen and oxygen atoms in total. The number of halogens is 2. The first-order chi connectivity index (χ1) is 9.17. The third kappa shape index (κ3) is 2.31. The smallest absolute Gasteiger partial charge is 0.137 e. The summed E-state index contributed by atoms with van der Waals surface area (Å²) in [5.41, 5.74) is 2.44. The fourth-order valence-electron chi connectivity index (χ4n) is 1.78. The van der Waals surface area contributed by atoms with E-state index in [0.717, 1.165) is 21.2 Å². The molecule has 19 heavy (non-hydrogen) atoms. The van der Waals surface area contributed by atoms with E-state index in [9.17, 15) is 0 Å². The van der Waals surface area contributed by atoms with Crippen LogP contribution in [0.25, 0.3) is 16.7 Å². The number of benzene rings is 2. The van der Waals surface area contributed by atoms with Crippen molar-refractivity contribution in [3.05, 3.63) is 45.9 Å². The summed E-state index contributed by atoms with van der Waals surface area (Å²) in [4.78, 5) is 1.56. The van der Waals surface area contributed by atoms with Gasteiger partial charge in [0.05, 0.1) is 17.8 Å². The van der Waals surface area contributed by atoms with Crippen LogP contribution in [-0.2, 0) is 0 Å². The highest BCUT2D eigenvalue weighted by molar-refractivity contribution is 9.10. The van der Waals surface area contributed by atoms with Crippen molar-refractivity contribution in [2.75, 3.05) is 7.11 Å². The van der Waals surface area contributed by atoms with Gasteiger partial charge in [-0.25, -0.2) is 0 Å². The van der Waals surface area contributed by atoms with E-state index in [1.807, 2.05) is 24.3 Å². The molecule has 0 N–H and O–H groups in total. The van der Waals surface area contributed by atoms with Crippen molar-refractivity contribution in [1.29, 1.82) is 0 Å². The lowest BCUT2D eigenvalue weighted by Gasteiger charge is -2.04. The van der Waals surface area contributed by atoms with Gasteiger partial charge >= 0.3 is 0 Å². The quantitative estimate of drug-likeness (QED) is 0.712. The Labute approximate surface area is 123 Å². The maximum absolute atomic E-state index is 6.10. The van der Waals surface area contributed by atoms with Gasteiger partial charge in [0.1, 0.15) is 16.8 Å². The fraction of sp³-hybridized carbons (Fsp3) is 0.0769. The predicted molar refractivity (Wildman–Crippen MR) is 78.1 cm³/mol. The van der Waals surface area contributed by atoms with E-state index in [1.54, 1.807) is 24.0 Å². The molecular formula is C13H9BrClN3O.